The molecule has 0 aromatic carbocycles. The van der Waals surface area contributed by atoms with Crippen LogP contribution in [0.2, 0.25) is 0 Å². The summed E-state index contributed by atoms with van der Waals surface area (Å²) in [5.74, 6) is -5.05. The van der Waals surface area contributed by atoms with Crippen molar-refractivity contribution in [3.8, 4) is 0 Å². The molecule has 3 amide bonds. The van der Waals surface area contributed by atoms with Crippen LogP contribution in [-0.4, -0.2) is 70.3 Å². The summed E-state index contributed by atoms with van der Waals surface area (Å²) < 4.78 is 0. The molecule has 0 aromatic rings. The van der Waals surface area contributed by atoms with Crippen molar-refractivity contribution >= 4 is 42.3 Å². The molecule has 0 aliphatic carbocycles. The molecule has 0 aliphatic rings. The normalized spacial score (nSPS) is 14.0. The molecule has 3 unspecified atom stereocenters. The Labute approximate surface area is 161 Å². The molecule has 27 heavy (non-hydrogen) atoms. The highest BCUT2D eigenvalue weighted by molar-refractivity contribution is 7.80. The second-order valence-corrected chi connectivity index (χ2v) is 6.62. The number of hydrogen-bond acceptors (Lipinski definition) is 7. The summed E-state index contributed by atoms with van der Waals surface area (Å²) in [5, 5.41) is 24.3. The Hall–Kier alpha value is -2.34. The van der Waals surface area contributed by atoms with Gasteiger partial charge in [0.1, 0.15) is 12.1 Å². The Morgan fingerprint density at radius 3 is 2.04 bits per heavy atom. The maximum atomic E-state index is 12.1. The molecule has 0 spiro atoms. The second kappa shape index (κ2) is 12.1. The van der Waals surface area contributed by atoms with Gasteiger partial charge in [0.15, 0.2) is 0 Å². The van der Waals surface area contributed by atoms with Crippen LogP contribution in [0.25, 0.3) is 0 Å². The molecule has 3 atom stereocenters. The molecular weight excluding hydrogens is 380 g/mol. The molecule has 0 radical (unpaired) electrons. The Kier molecular flexibility index (Phi) is 11.1. The van der Waals surface area contributed by atoms with Crippen LogP contribution < -0.4 is 21.7 Å². The van der Waals surface area contributed by atoms with Crippen molar-refractivity contribution < 1.29 is 34.2 Å². The van der Waals surface area contributed by atoms with Gasteiger partial charge in [-0.15, -0.1) is 0 Å². The molecule has 0 saturated heterocycles. The van der Waals surface area contributed by atoms with Gasteiger partial charge in [0, 0.05) is 5.75 Å². The highest BCUT2D eigenvalue weighted by Gasteiger charge is 2.27. The van der Waals surface area contributed by atoms with Crippen LogP contribution in [-0.2, 0) is 24.0 Å². The van der Waals surface area contributed by atoms with E-state index >= 15 is 0 Å². The van der Waals surface area contributed by atoms with Crippen molar-refractivity contribution in [1.29, 1.82) is 0 Å². The monoisotopic (exact) mass is 406 g/mol. The van der Waals surface area contributed by atoms with E-state index in [0.29, 0.717) is 6.42 Å². The summed E-state index contributed by atoms with van der Waals surface area (Å²) in [6.45, 7) is 3.10. The molecule has 0 aromatic heterocycles. The topological polar surface area (TPSA) is 188 Å². The van der Waals surface area contributed by atoms with Gasteiger partial charge >= 0.3 is 11.9 Å². The predicted octanol–water partition coefficient (Wildman–Crippen LogP) is -2.07. The number of nitrogens with two attached hydrogens (primary N) is 1. The van der Waals surface area contributed by atoms with Gasteiger partial charge < -0.3 is 31.9 Å². The third-order valence-electron chi connectivity index (χ3n) is 3.31. The van der Waals surface area contributed by atoms with Gasteiger partial charge in [0.25, 0.3) is 0 Å². The first-order valence-electron chi connectivity index (χ1n) is 8.16. The largest absolute Gasteiger partial charge is 0.481 e. The smallest absolute Gasteiger partial charge is 0.327 e. The Morgan fingerprint density at radius 2 is 1.59 bits per heavy atom. The zero-order chi connectivity index (χ0) is 21.1. The fourth-order valence-corrected chi connectivity index (χ4v) is 2.25. The van der Waals surface area contributed by atoms with Gasteiger partial charge in [-0.3, -0.25) is 19.2 Å². The maximum Gasteiger partial charge on any atom is 0.327 e. The van der Waals surface area contributed by atoms with Gasteiger partial charge in [-0.25, -0.2) is 4.79 Å². The van der Waals surface area contributed by atoms with E-state index in [9.17, 15) is 24.0 Å². The second-order valence-electron chi connectivity index (χ2n) is 6.25. The van der Waals surface area contributed by atoms with E-state index < -0.39 is 60.8 Å². The summed E-state index contributed by atoms with van der Waals surface area (Å²) in [7, 11) is 0. The SMILES string of the molecule is CC(C)CC(N)C(=O)NC(CC(=O)O)C(=O)NCC(=O)NC(CS)C(=O)O. The van der Waals surface area contributed by atoms with Gasteiger partial charge in [0.05, 0.1) is 19.0 Å². The minimum Gasteiger partial charge on any atom is -0.481 e. The Morgan fingerprint density at radius 1 is 1.00 bits per heavy atom. The summed E-state index contributed by atoms with van der Waals surface area (Å²) in [6.07, 6.45) is -0.363. The molecule has 12 heteroatoms. The molecule has 11 nitrogen and oxygen atoms in total. The van der Waals surface area contributed by atoms with E-state index in [4.69, 9.17) is 15.9 Å². The number of carboxylic acids is 2. The van der Waals surface area contributed by atoms with Crippen LogP contribution in [0, 0.1) is 5.92 Å². The number of thiol groups is 1. The molecule has 0 rings (SSSR count). The summed E-state index contributed by atoms with van der Waals surface area (Å²) >= 11 is 3.78. The zero-order valence-electron chi connectivity index (χ0n) is 15.1. The lowest BCUT2D eigenvalue weighted by Crippen LogP contribution is -2.54. The number of carbonyl (C=O) groups excluding carboxylic acids is 3. The average Bonchev–Trinajstić information content (AvgIpc) is 2.55. The van der Waals surface area contributed by atoms with E-state index in [1.165, 1.54) is 0 Å². The van der Waals surface area contributed by atoms with E-state index in [-0.39, 0.29) is 11.7 Å². The van der Waals surface area contributed by atoms with Crippen molar-refractivity contribution in [2.75, 3.05) is 12.3 Å². The van der Waals surface area contributed by atoms with Crippen LogP contribution >= 0.6 is 12.6 Å². The first-order valence-corrected chi connectivity index (χ1v) is 8.79. The van der Waals surface area contributed by atoms with Crippen molar-refractivity contribution in [2.45, 2.75) is 44.8 Å². The van der Waals surface area contributed by atoms with Crippen LogP contribution in [0.5, 0.6) is 0 Å². The van der Waals surface area contributed by atoms with E-state index in [0.717, 1.165) is 0 Å². The van der Waals surface area contributed by atoms with Crippen LogP contribution in [0.4, 0.5) is 0 Å². The summed E-state index contributed by atoms with van der Waals surface area (Å²) in [4.78, 5) is 57.5. The number of rotatable bonds is 12. The minimum absolute atomic E-state index is 0.121. The zero-order valence-corrected chi connectivity index (χ0v) is 16.0. The molecule has 0 bridgehead atoms. The van der Waals surface area contributed by atoms with Gasteiger partial charge in [0.2, 0.25) is 17.7 Å². The van der Waals surface area contributed by atoms with Crippen molar-refractivity contribution in [3.63, 3.8) is 0 Å². The maximum absolute atomic E-state index is 12.1. The molecule has 7 N–H and O–H groups in total. The molecule has 0 saturated carbocycles. The fraction of sp³-hybridized carbons (Fsp3) is 0.667. The molecule has 0 aliphatic heterocycles. The molecule has 154 valence electrons. The highest BCUT2D eigenvalue weighted by Crippen LogP contribution is 2.03. The van der Waals surface area contributed by atoms with Gasteiger partial charge in [-0.1, -0.05) is 13.8 Å². The van der Waals surface area contributed by atoms with Crippen LogP contribution in [0.1, 0.15) is 26.7 Å². The minimum atomic E-state index is -1.43. The third-order valence-corrected chi connectivity index (χ3v) is 3.68. The fourth-order valence-electron chi connectivity index (χ4n) is 2.00. The number of hydrogen-bond donors (Lipinski definition) is 7. The van der Waals surface area contributed by atoms with Gasteiger partial charge in [-0.05, 0) is 12.3 Å². The summed E-state index contributed by atoms with van der Waals surface area (Å²) in [6, 6.07) is -3.58. The number of nitrogens with one attached hydrogen (secondary N) is 3. The average molecular weight is 406 g/mol. The lowest BCUT2D eigenvalue weighted by atomic mass is 10.0. The van der Waals surface area contributed by atoms with Crippen LogP contribution in [0.15, 0.2) is 0 Å². The first-order chi connectivity index (χ1) is 12.5. The third kappa shape index (κ3) is 10.4. The van der Waals surface area contributed by atoms with Crippen molar-refractivity contribution in [1.82, 2.24) is 16.0 Å². The quantitative estimate of drug-likeness (QED) is 0.180. The Balaban J connectivity index is 4.78. The standard InChI is InChI=1S/C15H26N4O7S/c1-7(2)3-8(16)13(23)19-9(4-12(21)22)14(24)17-5-11(20)18-10(6-27)15(25)26/h7-10,27H,3-6,16H2,1-2H3,(H,17,24)(H,18,20)(H,19,23)(H,21,22)(H,25,26). The number of carbonyl (C=O) groups is 5. The molecular formula is C15H26N4O7S. The molecule has 0 heterocycles. The van der Waals surface area contributed by atoms with Crippen molar-refractivity contribution in [3.05, 3.63) is 0 Å². The van der Waals surface area contributed by atoms with E-state index in [1.54, 1.807) is 0 Å². The Bertz CT molecular complexity index is 570. The van der Waals surface area contributed by atoms with Gasteiger partial charge in [-0.2, -0.15) is 12.6 Å². The lowest BCUT2D eigenvalue weighted by Gasteiger charge is -2.20. The van der Waals surface area contributed by atoms with E-state index in [2.05, 4.69) is 28.6 Å². The number of carboxylic acid groups (broad SMARTS) is 2. The number of amides is 3. The highest BCUT2D eigenvalue weighted by atomic mass is 32.1. The van der Waals surface area contributed by atoms with E-state index in [1.807, 2.05) is 13.8 Å². The summed E-state index contributed by atoms with van der Waals surface area (Å²) in [5.41, 5.74) is 5.70. The van der Waals surface area contributed by atoms with Crippen molar-refractivity contribution in [2.24, 2.45) is 11.7 Å². The van der Waals surface area contributed by atoms with Crippen LogP contribution in [0.3, 0.4) is 0 Å². The predicted molar refractivity (Wildman–Crippen MR) is 98.0 cm³/mol. The number of aliphatic carboxylic acids is 2. The first kappa shape index (κ1) is 24.7. The lowest BCUT2D eigenvalue weighted by molar-refractivity contribution is -0.142. The molecule has 0 fully saturated rings.